The Morgan fingerprint density at radius 2 is 1.77 bits per heavy atom. The molecule has 22 heavy (non-hydrogen) atoms. The number of rotatable bonds is 8. The molecule has 1 heterocycles. The van der Waals surface area contributed by atoms with E-state index in [0.717, 1.165) is 25.9 Å². The Morgan fingerprint density at radius 3 is 2.32 bits per heavy atom. The zero-order valence-electron chi connectivity index (χ0n) is 14.6. The van der Waals surface area contributed by atoms with Gasteiger partial charge in [-0.1, -0.05) is 20.3 Å². The number of nitrogens with zero attached hydrogens (tertiary/aromatic N) is 1. The summed E-state index contributed by atoms with van der Waals surface area (Å²) >= 11 is 0. The van der Waals surface area contributed by atoms with E-state index in [0.29, 0.717) is 31.5 Å². The molecular formula is C17H32N2O3. The topological polar surface area (TPSA) is 58.6 Å². The van der Waals surface area contributed by atoms with Crippen molar-refractivity contribution >= 4 is 11.8 Å². The minimum absolute atomic E-state index is 0.00351. The van der Waals surface area contributed by atoms with Crippen LogP contribution in [0.2, 0.25) is 0 Å². The van der Waals surface area contributed by atoms with Gasteiger partial charge in [0, 0.05) is 25.6 Å². The Kier molecular flexibility index (Phi) is 7.87. The maximum atomic E-state index is 12.1. The number of likely N-dealkylation sites (tertiary alicyclic amines) is 1. The summed E-state index contributed by atoms with van der Waals surface area (Å²) in [5.74, 6) is 0.168. The summed E-state index contributed by atoms with van der Waals surface area (Å²) in [5.41, 5.74) is 0.400. The predicted octanol–water partition coefficient (Wildman–Crippen LogP) is 2.35. The first-order valence-corrected chi connectivity index (χ1v) is 8.51. The number of piperidine rings is 1. The normalized spacial score (nSPS) is 17.6. The number of hydrogen-bond donors (Lipinski definition) is 1. The van der Waals surface area contributed by atoms with Crippen LogP contribution in [-0.2, 0) is 14.3 Å². The molecule has 1 fully saturated rings. The highest BCUT2D eigenvalue weighted by molar-refractivity contribution is 5.76. The zero-order valence-corrected chi connectivity index (χ0v) is 14.6. The van der Waals surface area contributed by atoms with Gasteiger partial charge in [0.2, 0.25) is 11.8 Å². The minimum Gasteiger partial charge on any atom is -0.380 e. The van der Waals surface area contributed by atoms with E-state index in [1.165, 1.54) is 6.42 Å². The van der Waals surface area contributed by atoms with Crippen molar-refractivity contribution in [1.29, 1.82) is 0 Å². The molecule has 5 heteroatoms. The second-order valence-corrected chi connectivity index (χ2v) is 6.88. The van der Waals surface area contributed by atoms with E-state index in [2.05, 4.69) is 19.2 Å². The first-order valence-electron chi connectivity index (χ1n) is 8.51. The minimum atomic E-state index is -0.00351. The molecule has 0 aromatic rings. The highest BCUT2D eigenvalue weighted by atomic mass is 16.5. The summed E-state index contributed by atoms with van der Waals surface area (Å²) in [6.07, 6.45) is 4.12. The number of carbonyl (C=O) groups is 2. The van der Waals surface area contributed by atoms with E-state index in [-0.39, 0.29) is 17.9 Å². The quantitative estimate of drug-likeness (QED) is 0.700. The molecule has 1 saturated heterocycles. The second kappa shape index (κ2) is 9.13. The molecule has 1 N–H and O–H groups in total. The monoisotopic (exact) mass is 312 g/mol. The molecule has 1 aliphatic rings. The Hall–Kier alpha value is -1.10. The van der Waals surface area contributed by atoms with E-state index >= 15 is 0 Å². The fraction of sp³-hybridized carbons (Fsp3) is 0.882. The van der Waals surface area contributed by atoms with Crippen LogP contribution in [0.15, 0.2) is 0 Å². The smallest absolute Gasteiger partial charge is 0.224 e. The van der Waals surface area contributed by atoms with E-state index in [9.17, 15) is 9.59 Å². The van der Waals surface area contributed by atoms with E-state index in [4.69, 9.17) is 4.74 Å². The third-order valence-electron chi connectivity index (χ3n) is 4.56. The molecule has 0 saturated carbocycles. The number of ether oxygens (including phenoxy) is 1. The van der Waals surface area contributed by atoms with Crippen LogP contribution in [0.1, 0.15) is 59.8 Å². The molecule has 0 unspecified atom stereocenters. The fourth-order valence-electron chi connectivity index (χ4n) is 2.63. The highest BCUT2D eigenvalue weighted by Gasteiger charge is 2.29. The van der Waals surface area contributed by atoms with Gasteiger partial charge in [-0.25, -0.2) is 0 Å². The summed E-state index contributed by atoms with van der Waals surface area (Å²) in [6, 6.07) is 0.155. The van der Waals surface area contributed by atoms with E-state index in [1.807, 2.05) is 18.7 Å². The van der Waals surface area contributed by atoms with Crippen molar-refractivity contribution in [1.82, 2.24) is 10.2 Å². The maximum Gasteiger partial charge on any atom is 0.224 e. The van der Waals surface area contributed by atoms with Crippen LogP contribution >= 0.6 is 0 Å². The molecule has 0 atom stereocenters. The number of nitrogens with one attached hydrogen (secondary N) is 1. The average molecular weight is 312 g/mol. The van der Waals surface area contributed by atoms with Gasteiger partial charge in [0.25, 0.3) is 0 Å². The van der Waals surface area contributed by atoms with Gasteiger partial charge < -0.3 is 15.0 Å². The summed E-state index contributed by atoms with van der Waals surface area (Å²) in [5, 5.41) is 2.81. The fourth-order valence-corrected chi connectivity index (χ4v) is 2.63. The average Bonchev–Trinajstić information content (AvgIpc) is 2.46. The van der Waals surface area contributed by atoms with Crippen LogP contribution in [0.25, 0.3) is 0 Å². The third kappa shape index (κ3) is 6.77. The first-order chi connectivity index (χ1) is 10.4. The van der Waals surface area contributed by atoms with E-state index < -0.39 is 0 Å². The van der Waals surface area contributed by atoms with Gasteiger partial charge in [-0.15, -0.1) is 0 Å². The van der Waals surface area contributed by atoms with Crippen molar-refractivity contribution in [3.05, 3.63) is 0 Å². The molecule has 0 aromatic heterocycles. The third-order valence-corrected chi connectivity index (χ3v) is 4.56. The van der Waals surface area contributed by atoms with Crippen LogP contribution in [0.4, 0.5) is 0 Å². The van der Waals surface area contributed by atoms with Gasteiger partial charge in [-0.3, -0.25) is 9.59 Å². The van der Waals surface area contributed by atoms with Crippen LogP contribution in [0.5, 0.6) is 0 Å². The number of carbonyl (C=O) groups excluding carboxylic acids is 2. The van der Waals surface area contributed by atoms with Gasteiger partial charge in [0.05, 0.1) is 19.6 Å². The molecular weight excluding hydrogens is 280 g/mol. The standard InChI is InChI=1S/C17H32N2O3/c1-5-17(4)8-10-19(11-9-17)16(21)7-13-22-12-6-15(20)18-14(2)3/h14H,5-13H2,1-4H3,(H,18,20). The Morgan fingerprint density at radius 1 is 1.18 bits per heavy atom. The lowest BCUT2D eigenvalue weighted by molar-refractivity contribution is -0.134. The zero-order chi connectivity index (χ0) is 16.6. The first kappa shape index (κ1) is 18.9. The lowest BCUT2D eigenvalue weighted by atomic mass is 9.78. The Balaban J connectivity index is 2.11. The van der Waals surface area contributed by atoms with Crippen LogP contribution < -0.4 is 5.32 Å². The lowest BCUT2D eigenvalue weighted by Crippen LogP contribution is -2.42. The molecule has 0 aromatic carbocycles. The predicted molar refractivity (Wildman–Crippen MR) is 87.5 cm³/mol. The van der Waals surface area contributed by atoms with Crippen molar-refractivity contribution < 1.29 is 14.3 Å². The second-order valence-electron chi connectivity index (χ2n) is 6.88. The number of hydrogen-bond acceptors (Lipinski definition) is 3. The lowest BCUT2D eigenvalue weighted by Gasteiger charge is -2.39. The molecule has 0 bridgehead atoms. The maximum absolute atomic E-state index is 12.1. The largest absolute Gasteiger partial charge is 0.380 e. The van der Waals surface area contributed by atoms with Gasteiger partial charge in [0.15, 0.2) is 0 Å². The highest BCUT2D eigenvalue weighted by Crippen LogP contribution is 2.33. The number of amides is 2. The molecule has 0 aliphatic carbocycles. The summed E-state index contributed by atoms with van der Waals surface area (Å²) < 4.78 is 5.40. The molecule has 5 nitrogen and oxygen atoms in total. The van der Waals surface area contributed by atoms with Crippen LogP contribution in [0, 0.1) is 5.41 Å². The van der Waals surface area contributed by atoms with Crippen molar-refractivity contribution in [2.75, 3.05) is 26.3 Å². The molecule has 1 aliphatic heterocycles. The van der Waals surface area contributed by atoms with Crippen LogP contribution in [-0.4, -0.2) is 49.1 Å². The summed E-state index contributed by atoms with van der Waals surface area (Å²) in [6.45, 7) is 10.9. The van der Waals surface area contributed by atoms with Gasteiger partial charge >= 0.3 is 0 Å². The van der Waals surface area contributed by atoms with E-state index in [1.54, 1.807) is 0 Å². The van der Waals surface area contributed by atoms with Crippen molar-refractivity contribution in [2.24, 2.45) is 5.41 Å². The Labute approximate surface area is 134 Å². The van der Waals surface area contributed by atoms with Gasteiger partial charge in [0.1, 0.15) is 0 Å². The molecule has 128 valence electrons. The molecule has 0 spiro atoms. The SMILES string of the molecule is CCC1(C)CCN(C(=O)CCOCCC(=O)NC(C)C)CC1. The van der Waals surface area contributed by atoms with Crippen molar-refractivity contribution in [2.45, 2.75) is 65.8 Å². The van der Waals surface area contributed by atoms with Crippen molar-refractivity contribution in [3.63, 3.8) is 0 Å². The summed E-state index contributed by atoms with van der Waals surface area (Å²) in [4.78, 5) is 25.5. The molecule has 2 amide bonds. The Bertz CT molecular complexity index is 361. The molecule has 1 rings (SSSR count). The van der Waals surface area contributed by atoms with Crippen LogP contribution in [0.3, 0.4) is 0 Å². The van der Waals surface area contributed by atoms with Gasteiger partial charge in [-0.2, -0.15) is 0 Å². The van der Waals surface area contributed by atoms with Crippen molar-refractivity contribution in [3.8, 4) is 0 Å². The van der Waals surface area contributed by atoms with Gasteiger partial charge in [-0.05, 0) is 32.1 Å². The summed E-state index contributed by atoms with van der Waals surface area (Å²) in [7, 11) is 0. The molecule has 0 radical (unpaired) electrons.